The summed E-state index contributed by atoms with van der Waals surface area (Å²) in [6, 6.07) is 1.86. The minimum Gasteiger partial charge on any atom is -0.462 e. The summed E-state index contributed by atoms with van der Waals surface area (Å²) in [5, 5.41) is 25.1. The van der Waals surface area contributed by atoms with Crippen molar-refractivity contribution in [1.29, 1.82) is 5.26 Å². The normalized spacial score (nSPS) is 38.6. The first-order valence-electron chi connectivity index (χ1n) is 13.9. The van der Waals surface area contributed by atoms with E-state index in [1.807, 2.05) is 31.2 Å². The van der Waals surface area contributed by atoms with Crippen molar-refractivity contribution in [3.8, 4) is 6.07 Å². The number of esters is 1. The smallest absolute Gasteiger partial charge is 0.313 e. The molecule has 2 bridgehead atoms. The first kappa shape index (κ1) is 29.1. The van der Waals surface area contributed by atoms with Crippen LogP contribution in [0.4, 0.5) is 0 Å². The predicted octanol–water partition coefficient (Wildman–Crippen LogP) is 5.22. The van der Waals surface area contributed by atoms with Crippen LogP contribution in [0, 0.1) is 28.1 Å². The zero-order valence-corrected chi connectivity index (χ0v) is 23.0. The fourth-order valence-electron chi connectivity index (χ4n) is 6.18. The van der Waals surface area contributed by atoms with Gasteiger partial charge in [-0.2, -0.15) is 5.26 Å². The van der Waals surface area contributed by atoms with E-state index in [0.717, 1.165) is 18.4 Å². The summed E-state index contributed by atoms with van der Waals surface area (Å²) >= 11 is 0. The molecule has 1 N–H and O–H groups in total. The molecule has 7 atom stereocenters. The number of nitriles is 1. The fraction of sp³-hybridized carbons (Fsp3) is 0.633. The molecule has 9 heteroatoms. The van der Waals surface area contributed by atoms with Crippen molar-refractivity contribution in [3.63, 3.8) is 0 Å². The lowest BCUT2D eigenvalue weighted by atomic mass is 9.75. The first-order chi connectivity index (χ1) is 18.7. The lowest BCUT2D eigenvalue weighted by Gasteiger charge is -2.43. The molecule has 2 saturated heterocycles. The number of rotatable bonds is 5. The van der Waals surface area contributed by atoms with E-state index in [0.29, 0.717) is 56.4 Å². The lowest BCUT2D eigenvalue weighted by molar-refractivity contribution is -0.182. The maximum atomic E-state index is 13.8. The van der Waals surface area contributed by atoms with E-state index < -0.39 is 23.7 Å². The quantitative estimate of drug-likeness (QED) is 0.167. The van der Waals surface area contributed by atoms with Gasteiger partial charge >= 0.3 is 5.97 Å². The molecular weight excluding hydrogens is 498 g/mol. The van der Waals surface area contributed by atoms with Crippen LogP contribution in [0.25, 0.3) is 0 Å². The Morgan fingerprint density at radius 2 is 2.15 bits per heavy atom. The molecule has 0 aromatic heterocycles. The molecule has 3 heterocycles. The van der Waals surface area contributed by atoms with Crippen LogP contribution in [0.1, 0.15) is 72.1 Å². The van der Waals surface area contributed by atoms with E-state index in [2.05, 4.69) is 36.4 Å². The lowest BCUT2D eigenvalue weighted by Crippen LogP contribution is -2.47. The maximum absolute atomic E-state index is 13.8. The van der Waals surface area contributed by atoms with Crippen molar-refractivity contribution in [2.75, 3.05) is 6.61 Å². The topological polar surface area (TPSA) is 131 Å². The van der Waals surface area contributed by atoms with Gasteiger partial charge in [-0.15, -0.1) is 10.0 Å². The number of nitroso groups, excluding NO2 is 1. The van der Waals surface area contributed by atoms with E-state index in [1.54, 1.807) is 0 Å². The summed E-state index contributed by atoms with van der Waals surface area (Å²) in [6.07, 6.45) is 13.5. The van der Waals surface area contributed by atoms with E-state index >= 15 is 0 Å². The second-order valence-corrected chi connectivity index (χ2v) is 11.4. The molecule has 9 nitrogen and oxygen atoms in total. The standard InChI is InChI=1S/C30H39N3O6/c1-19-8-5-4-6-9-21-18-37-28-26(21)25(14-20(2)27(28)32-33-36)29(35)38-24-15-23(11-7-10-22(34)17-31)39-30(3,16-24)13-12-19/h4,6,9,12,14,22-26,28,34H,5,7-8,10-11,13,15-16,18H2,1-3H3/b6-4+,19-12+,21-9+,32-27?. The van der Waals surface area contributed by atoms with Gasteiger partial charge in [0.15, 0.2) is 0 Å². The SMILES string of the molecule is CC1=CC2C(=O)OC3CC(CCCC(O)C#N)OC(C)(C/C=C(\C)CC/C=C/C=C4\COC(C1=NN=O)C42)C3. The molecule has 4 rings (SSSR count). The Kier molecular flexibility index (Phi) is 9.65. The third kappa shape index (κ3) is 7.18. The summed E-state index contributed by atoms with van der Waals surface area (Å²) in [5.41, 5.74) is 2.88. The van der Waals surface area contributed by atoms with Crippen LogP contribution < -0.4 is 0 Å². The Bertz CT molecular complexity index is 1130. The highest BCUT2D eigenvalue weighted by Gasteiger charge is 2.48. The molecule has 0 aromatic rings. The Labute approximate surface area is 230 Å². The number of aliphatic hydroxyl groups is 1. The average molecular weight is 538 g/mol. The number of ether oxygens (including phenoxy) is 3. The number of carbonyl (C=O) groups is 1. The van der Waals surface area contributed by atoms with E-state index in [4.69, 9.17) is 19.5 Å². The second-order valence-electron chi connectivity index (χ2n) is 11.4. The van der Waals surface area contributed by atoms with Crippen LogP contribution in [0.5, 0.6) is 0 Å². The predicted molar refractivity (Wildman–Crippen MR) is 146 cm³/mol. The van der Waals surface area contributed by atoms with Crippen molar-refractivity contribution in [2.24, 2.45) is 22.2 Å². The van der Waals surface area contributed by atoms with Crippen molar-refractivity contribution >= 4 is 11.7 Å². The number of nitrogens with zero attached hydrogens (tertiary/aromatic N) is 3. The molecule has 4 aliphatic rings. The van der Waals surface area contributed by atoms with Gasteiger partial charge in [0.1, 0.15) is 18.3 Å². The van der Waals surface area contributed by atoms with Gasteiger partial charge in [0.05, 0.1) is 41.3 Å². The van der Waals surface area contributed by atoms with Crippen molar-refractivity contribution < 1.29 is 24.1 Å². The Balaban J connectivity index is 1.64. The molecule has 0 aromatic carbocycles. The summed E-state index contributed by atoms with van der Waals surface area (Å²) in [6.45, 7) is 6.34. The molecular formula is C30H39N3O6. The van der Waals surface area contributed by atoms with Gasteiger partial charge in [0.25, 0.3) is 0 Å². The van der Waals surface area contributed by atoms with Crippen molar-refractivity contribution in [1.82, 2.24) is 0 Å². The number of hydrogen-bond donors (Lipinski definition) is 1. The molecule has 0 radical (unpaired) electrons. The summed E-state index contributed by atoms with van der Waals surface area (Å²) in [4.78, 5) is 24.8. The minimum atomic E-state index is -0.986. The number of hydrogen-bond acceptors (Lipinski definition) is 8. The second kappa shape index (κ2) is 12.9. The Morgan fingerprint density at radius 1 is 1.33 bits per heavy atom. The number of fused-ring (bicyclic) bond motifs is 2. The van der Waals surface area contributed by atoms with Crippen LogP contribution in [-0.4, -0.2) is 53.4 Å². The highest BCUT2D eigenvalue weighted by Crippen LogP contribution is 2.42. The van der Waals surface area contributed by atoms with Gasteiger partial charge in [-0.05, 0) is 70.4 Å². The molecule has 3 aliphatic heterocycles. The van der Waals surface area contributed by atoms with Crippen LogP contribution in [0.15, 0.2) is 57.5 Å². The number of allylic oxidation sites excluding steroid dienone is 4. The monoisotopic (exact) mass is 537 g/mol. The summed E-state index contributed by atoms with van der Waals surface area (Å²) < 4.78 is 18.8. The molecule has 0 amide bonds. The third-order valence-corrected chi connectivity index (χ3v) is 8.20. The highest BCUT2D eigenvalue weighted by molar-refractivity contribution is 6.05. The molecule has 2 fully saturated rings. The van der Waals surface area contributed by atoms with Crippen LogP contribution in [-0.2, 0) is 19.0 Å². The Morgan fingerprint density at radius 3 is 2.92 bits per heavy atom. The van der Waals surface area contributed by atoms with Gasteiger partial charge in [-0.25, -0.2) is 0 Å². The average Bonchev–Trinajstić information content (AvgIpc) is 3.31. The van der Waals surface area contributed by atoms with Gasteiger partial charge in [0.2, 0.25) is 0 Å². The summed E-state index contributed by atoms with van der Waals surface area (Å²) in [5.74, 6) is -1.22. The van der Waals surface area contributed by atoms with Gasteiger partial charge < -0.3 is 19.3 Å². The zero-order chi connectivity index (χ0) is 28.0. The molecule has 1 aliphatic carbocycles. The van der Waals surface area contributed by atoms with Gasteiger partial charge in [-0.1, -0.05) is 36.0 Å². The van der Waals surface area contributed by atoms with Gasteiger partial charge in [0, 0.05) is 18.8 Å². The molecule has 0 saturated carbocycles. The van der Waals surface area contributed by atoms with Crippen molar-refractivity contribution in [2.45, 2.75) is 102 Å². The van der Waals surface area contributed by atoms with Crippen molar-refractivity contribution in [3.05, 3.63) is 52.0 Å². The van der Waals surface area contributed by atoms with Gasteiger partial charge in [-0.3, -0.25) is 4.79 Å². The van der Waals surface area contributed by atoms with Crippen LogP contribution in [0.2, 0.25) is 0 Å². The molecule has 210 valence electrons. The largest absolute Gasteiger partial charge is 0.462 e. The number of carbonyl (C=O) groups excluding carboxylic acids is 1. The Hall–Kier alpha value is -2.93. The van der Waals surface area contributed by atoms with E-state index in [1.165, 1.54) is 5.57 Å². The molecule has 39 heavy (non-hydrogen) atoms. The molecule has 0 spiro atoms. The van der Waals surface area contributed by atoms with E-state index in [-0.39, 0.29) is 24.1 Å². The van der Waals surface area contributed by atoms with Crippen LogP contribution >= 0.6 is 0 Å². The maximum Gasteiger partial charge on any atom is 0.313 e. The minimum absolute atomic E-state index is 0.151. The molecule has 7 unspecified atom stereocenters. The van der Waals surface area contributed by atoms with E-state index in [9.17, 15) is 14.8 Å². The highest BCUT2D eigenvalue weighted by atomic mass is 16.6. The van der Waals surface area contributed by atoms with Crippen LogP contribution in [0.3, 0.4) is 0 Å². The number of aliphatic hydroxyl groups excluding tert-OH is 1. The zero-order valence-electron chi connectivity index (χ0n) is 23.0. The third-order valence-electron chi connectivity index (χ3n) is 8.20. The summed E-state index contributed by atoms with van der Waals surface area (Å²) in [7, 11) is 0. The fourth-order valence-corrected chi connectivity index (χ4v) is 6.18. The first-order valence-corrected chi connectivity index (χ1v) is 13.9.